The zero-order chi connectivity index (χ0) is 12.1. The highest BCUT2D eigenvalue weighted by Crippen LogP contribution is 2.14. The van der Waals surface area contributed by atoms with Crippen molar-refractivity contribution in [3.8, 4) is 0 Å². The van der Waals surface area contributed by atoms with Gasteiger partial charge >= 0.3 is 6.09 Å². The highest BCUT2D eigenvalue weighted by atomic mass is 16.6. The third-order valence-corrected chi connectivity index (χ3v) is 2.53. The summed E-state index contributed by atoms with van der Waals surface area (Å²) in [4.78, 5) is 10.8. The minimum absolute atomic E-state index is 0.153. The van der Waals surface area contributed by atoms with Crippen LogP contribution >= 0.6 is 0 Å². The van der Waals surface area contributed by atoms with Crippen LogP contribution in [0.15, 0.2) is 24.3 Å². The summed E-state index contributed by atoms with van der Waals surface area (Å²) in [6.07, 6.45) is -0.145. The number of primary amides is 1. The second-order valence-electron chi connectivity index (χ2n) is 4.41. The molecule has 0 heterocycles. The van der Waals surface area contributed by atoms with Gasteiger partial charge in [0.05, 0.1) is 0 Å². The summed E-state index contributed by atoms with van der Waals surface area (Å²) in [6, 6.07) is 8.18. The average Bonchev–Trinajstić information content (AvgIpc) is 2.15. The zero-order valence-corrected chi connectivity index (χ0v) is 10.1. The molecule has 0 radical (unpaired) electrons. The molecule has 0 aliphatic heterocycles. The van der Waals surface area contributed by atoms with Crippen LogP contribution in [0.4, 0.5) is 4.79 Å². The molecule has 3 heteroatoms. The van der Waals surface area contributed by atoms with Crippen molar-refractivity contribution in [2.24, 2.45) is 11.7 Å². The molecule has 1 amide bonds. The van der Waals surface area contributed by atoms with E-state index in [4.69, 9.17) is 10.5 Å². The standard InChI is InChI=1S/C13H19NO2/c1-9(2)12(16-13(14)15)8-11-6-4-5-10(3)7-11/h4-7,9,12H,8H2,1-3H3,(H2,14,15). The van der Waals surface area contributed by atoms with Crippen molar-refractivity contribution in [1.82, 2.24) is 0 Å². The van der Waals surface area contributed by atoms with Gasteiger partial charge in [0.2, 0.25) is 0 Å². The van der Waals surface area contributed by atoms with Gasteiger partial charge in [-0.15, -0.1) is 0 Å². The molecule has 2 N–H and O–H groups in total. The molecule has 0 saturated carbocycles. The molecule has 0 bridgehead atoms. The molecule has 1 rings (SSSR count). The van der Waals surface area contributed by atoms with Gasteiger partial charge in [-0.2, -0.15) is 0 Å². The van der Waals surface area contributed by atoms with Crippen LogP contribution < -0.4 is 5.73 Å². The molecule has 0 aliphatic carbocycles. The van der Waals surface area contributed by atoms with Crippen LogP contribution in [0.1, 0.15) is 25.0 Å². The predicted octanol–water partition coefficient (Wildman–Crippen LogP) is 2.66. The number of amides is 1. The maximum atomic E-state index is 10.8. The SMILES string of the molecule is Cc1cccc(CC(OC(N)=O)C(C)C)c1. The molecular formula is C13H19NO2. The fourth-order valence-corrected chi connectivity index (χ4v) is 1.63. The molecular weight excluding hydrogens is 202 g/mol. The number of carbonyl (C=O) groups excluding carboxylic acids is 1. The van der Waals surface area contributed by atoms with E-state index in [2.05, 4.69) is 6.07 Å². The summed E-state index contributed by atoms with van der Waals surface area (Å²) in [5, 5.41) is 0. The number of hydrogen-bond donors (Lipinski definition) is 1. The lowest BCUT2D eigenvalue weighted by atomic mass is 9.98. The lowest BCUT2D eigenvalue weighted by molar-refractivity contribution is 0.0788. The van der Waals surface area contributed by atoms with Crippen molar-refractivity contribution >= 4 is 6.09 Å². The van der Waals surface area contributed by atoms with Crippen LogP contribution in [0.3, 0.4) is 0 Å². The van der Waals surface area contributed by atoms with Gasteiger partial charge in [0.15, 0.2) is 0 Å². The molecule has 1 aromatic rings. The number of aryl methyl sites for hydroxylation is 1. The Morgan fingerprint density at radius 3 is 2.62 bits per heavy atom. The molecule has 0 aliphatic rings. The monoisotopic (exact) mass is 221 g/mol. The van der Waals surface area contributed by atoms with E-state index in [1.807, 2.05) is 39.0 Å². The molecule has 0 fully saturated rings. The first-order chi connectivity index (χ1) is 7.49. The second kappa shape index (κ2) is 5.54. The first kappa shape index (κ1) is 12.6. The van der Waals surface area contributed by atoms with Gasteiger partial charge in [0.25, 0.3) is 0 Å². The third-order valence-electron chi connectivity index (χ3n) is 2.53. The third kappa shape index (κ3) is 3.93. The van der Waals surface area contributed by atoms with Gasteiger partial charge in [0.1, 0.15) is 6.10 Å². The smallest absolute Gasteiger partial charge is 0.404 e. The number of benzene rings is 1. The van der Waals surface area contributed by atoms with Crippen molar-refractivity contribution in [3.05, 3.63) is 35.4 Å². The fourth-order valence-electron chi connectivity index (χ4n) is 1.63. The van der Waals surface area contributed by atoms with E-state index >= 15 is 0 Å². The largest absolute Gasteiger partial charge is 0.446 e. The van der Waals surface area contributed by atoms with Crippen molar-refractivity contribution < 1.29 is 9.53 Å². The van der Waals surface area contributed by atoms with E-state index < -0.39 is 6.09 Å². The van der Waals surface area contributed by atoms with Gasteiger partial charge in [-0.25, -0.2) is 4.79 Å². The summed E-state index contributed by atoms with van der Waals surface area (Å²) in [7, 11) is 0. The number of carbonyl (C=O) groups is 1. The minimum Gasteiger partial charge on any atom is -0.446 e. The van der Waals surface area contributed by atoms with Crippen LogP contribution in [0.25, 0.3) is 0 Å². The Morgan fingerprint density at radius 1 is 1.44 bits per heavy atom. The van der Waals surface area contributed by atoms with Crippen LogP contribution in [0.5, 0.6) is 0 Å². The molecule has 0 spiro atoms. The summed E-state index contributed by atoms with van der Waals surface area (Å²) in [5.74, 6) is 0.257. The Labute approximate surface area is 96.6 Å². The van der Waals surface area contributed by atoms with Gasteiger partial charge in [-0.3, -0.25) is 0 Å². The molecule has 3 nitrogen and oxygen atoms in total. The van der Waals surface area contributed by atoms with Gasteiger partial charge in [0, 0.05) is 6.42 Å². The summed E-state index contributed by atoms with van der Waals surface area (Å²) >= 11 is 0. The van der Waals surface area contributed by atoms with E-state index in [9.17, 15) is 4.79 Å². The van der Waals surface area contributed by atoms with Crippen molar-refractivity contribution in [2.75, 3.05) is 0 Å². The fraction of sp³-hybridized carbons (Fsp3) is 0.462. The maximum Gasteiger partial charge on any atom is 0.404 e. The lowest BCUT2D eigenvalue weighted by Gasteiger charge is -2.20. The van der Waals surface area contributed by atoms with E-state index in [1.165, 1.54) is 11.1 Å². The molecule has 88 valence electrons. The van der Waals surface area contributed by atoms with Crippen LogP contribution in [0, 0.1) is 12.8 Å². The van der Waals surface area contributed by atoms with E-state index in [0.29, 0.717) is 6.42 Å². The Hall–Kier alpha value is -1.51. The van der Waals surface area contributed by atoms with Crippen LogP contribution in [0.2, 0.25) is 0 Å². The predicted molar refractivity (Wildman–Crippen MR) is 64.2 cm³/mol. The lowest BCUT2D eigenvalue weighted by Crippen LogP contribution is -2.28. The average molecular weight is 221 g/mol. The van der Waals surface area contributed by atoms with E-state index in [0.717, 1.165) is 0 Å². The first-order valence-electron chi connectivity index (χ1n) is 5.50. The Balaban J connectivity index is 2.71. The van der Waals surface area contributed by atoms with Crippen molar-refractivity contribution in [2.45, 2.75) is 33.3 Å². The number of rotatable bonds is 4. The number of nitrogens with two attached hydrogens (primary N) is 1. The minimum atomic E-state index is -0.702. The highest BCUT2D eigenvalue weighted by molar-refractivity contribution is 5.64. The number of ether oxygens (including phenoxy) is 1. The first-order valence-corrected chi connectivity index (χ1v) is 5.50. The molecule has 1 unspecified atom stereocenters. The van der Waals surface area contributed by atoms with Gasteiger partial charge < -0.3 is 10.5 Å². The second-order valence-corrected chi connectivity index (χ2v) is 4.41. The van der Waals surface area contributed by atoms with E-state index in [1.54, 1.807) is 0 Å². The maximum absolute atomic E-state index is 10.8. The zero-order valence-electron chi connectivity index (χ0n) is 10.1. The molecule has 0 saturated heterocycles. The summed E-state index contributed by atoms with van der Waals surface area (Å²) < 4.78 is 5.09. The molecule has 0 aromatic heterocycles. The van der Waals surface area contributed by atoms with Gasteiger partial charge in [-0.05, 0) is 18.4 Å². The number of hydrogen-bond acceptors (Lipinski definition) is 2. The quantitative estimate of drug-likeness (QED) is 0.849. The Morgan fingerprint density at radius 2 is 2.12 bits per heavy atom. The van der Waals surface area contributed by atoms with Crippen LogP contribution in [-0.4, -0.2) is 12.2 Å². The normalized spacial score (nSPS) is 12.5. The van der Waals surface area contributed by atoms with Crippen LogP contribution in [-0.2, 0) is 11.2 Å². The van der Waals surface area contributed by atoms with Crippen molar-refractivity contribution in [1.29, 1.82) is 0 Å². The molecule has 16 heavy (non-hydrogen) atoms. The Kier molecular flexibility index (Phi) is 4.35. The van der Waals surface area contributed by atoms with E-state index in [-0.39, 0.29) is 12.0 Å². The summed E-state index contributed by atoms with van der Waals surface area (Å²) in [6.45, 7) is 6.08. The van der Waals surface area contributed by atoms with Gasteiger partial charge in [-0.1, -0.05) is 43.7 Å². The Bertz CT molecular complexity index is 361. The summed E-state index contributed by atoms with van der Waals surface area (Å²) in [5.41, 5.74) is 7.43. The highest BCUT2D eigenvalue weighted by Gasteiger charge is 2.17. The topological polar surface area (TPSA) is 52.3 Å². The van der Waals surface area contributed by atoms with Crippen molar-refractivity contribution in [3.63, 3.8) is 0 Å². The molecule has 1 aromatic carbocycles. The molecule has 1 atom stereocenters.